The lowest BCUT2D eigenvalue weighted by molar-refractivity contribution is -0.120. The molecule has 0 aromatic heterocycles. The number of ether oxygens (including phenoxy) is 1. The number of carbonyl (C=O) groups excluding carboxylic acids is 1. The molecule has 2 rings (SSSR count). The number of amides is 1. The van der Waals surface area contributed by atoms with E-state index in [2.05, 4.69) is 17.4 Å². The van der Waals surface area contributed by atoms with E-state index in [1.165, 1.54) is 24.8 Å². The number of hydrogen-bond donors (Lipinski definition) is 2. The molecule has 1 saturated carbocycles. The third-order valence-electron chi connectivity index (χ3n) is 4.32. The van der Waals surface area contributed by atoms with Crippen LogP contribution in [0.2, 0.25) is 0 Å². The van der Waals surface area contributed by atoms with Gasteiger partial charge in [-0.25, -0.2) is 0 Å². The zero-order chi connectivity index (χ0) is 14.4. The molecule has 0 heterocycles. The average molecular weight is 276 g/mol. The predicted molar refractivity (Wildman–Crippen MR) is 79.8 cm³/mol. The first-order valence-electron chi connectivity index (χ1n) is 7.31. The number of hydrogen-bond acceptors (Lipinski definition) is 3. The van der Waals surface area contributed by atoms with E-state index in [1.807, 2.05) is 12.1 Å². The van der Waals surface area contributed by atoms with Crippen LogP contribution < -0.4 is 15.8 Å². The van der Waals surface area contributed by atoms with Crippen LogP contribution in [0.5, 0.6) is 5.75 Å². The lowest BCUT2D eigenvalue weighted by Crippen LogP contribution is -2.44. The van der Waals surface area contributed by atoms with E-state index in [9.17, 15) is 4.79 Å². The molecule has 0 saturated heterocycles. The number of nitrogens with two attached hydrogens (primary N) is 1. The van der Waals surface area contributed by atoms with Gasteiger partial charge in [0, 0.05) is 12.0 Å². The molecule has 1 amide bonds. The molecule has 1 aromatic rings. The van der Waals surface area contributed by atoms with Gasteiger partial charge in [-0.3, -0.25) is 4.79 Å². The summed E-state index contributed by atoms with van der Waals surface area (Å²) < 4.78 is 5.22. The van der Waals surface area contributed by atoms with E-state index >= 15 is 0 Å². The van der Waals surface area contributed by atoms with Crippen molar-refractivity contribution in [3.8, 4) is 5.75 Å². The Kier molecular flexibility index (Phi) is 5.01. The maximum Gasteiger partial charge on any atom is 0.233 e. The van der Waals surface area contributed by atoms with Gasteiger partial charge in [-0.05, 0) is 30.5 Å². The first-order chi connectivity index (χ1) is 9.70. The van der Waals surface area contributed by atoms with Crippen LogP contribution in [0.4, 0.5) is 0 Å². The average Bonchev–Trinajstić information content (AvgIpc) is 2.53. The molecular weight excluding hydrogens is 252 g/mol. The molecular formula is C16H24N2O2. The van der Waals surface area contributed by atoms with Gasteiger partial charge in [-0.1, -0.05) is 31.4 Å². The Labute approximate surface area is 120 Å². The minimum absolute atomic E-state index is 0.0509. The Balaban J connectivity index is 2.18. The van der Waals surface area contributed by atoms with Gasteiger partial charge in [0.15, 0.2) is 0 Å². The van der Waals surface area contributed by atoms with Crippen LogP contribution in [-0.2, 0) is 10.2 Å². The zero-order valence-electron chi connectivity index (χ0n) is 12.2. The summed E-state index contributed by atoms with van der Waals surface area (Å²) in [5.41, 5.74) is 6.72. The highest BCUT2D eigenvalue weighted by Crippen LogP contribution is 2.39. The Hall–Kier alpha value is -1.55. The highest BCUT2D eigenvalue weighted by molar-refractivity contribution is 5.77. The highest BCUT2D eigenvalue weighted by atomic mass is 16.5. The van der Waals surface area contributed by atoms with E-state index in [0.717, 1.165) is 18.6 Å². The Morgan fingerprint density at radius 3 is 2.45 bits per heavy atom. The van der Waals surface area contributed by atoms with Crippen LogP contribution in [0.1, 0.15) is 37.7 Å². The number of nitrogens with one attached hydrogen (secondary N) is 1. The normalized spacial score (nSPS) is 17.5. The molecule has 1 aliphatic carbocycles. The fourth-order valence-corrected chi connectivity index (χ4v) is 3.08. The summed E-state index contributed by atoms with van der Waals surface area (Å²) in [6.45, 7) is 0.730. The summed E-state index contributed by atoms with van der Waals surface area (Å²) in [6, 6.07) is 8.24. The van der Waals surface area contributed by atoms with Gasteiger partial charge in [0.2, 0.25) is 5.91 Å². The van der Waals surface area contributed by atoms with E-state index in [4.69, 9.17) is 10.5 Å². The van der Waals surface area contributed by atoms with Crippen LogP contribution in [0.25, 0.3) is 0 Å². The minimum Gasteiger partial charge on any atom is -0.497 e. The second kappa shape index (κ2) is 6.75. The molecule has 0 atom stereocenters. The van der Waals surface area contributed by atoms with Crippen molar-refractivity contribution in [2.45, 2.75) is 37.5 Å². The van der Waals surface area contributed by atoms with Crippen molar-refractivity contribution in [2.24, 2.45) is 5.73 Å². The fourth-order valence-electron chi connectivity index (χ4n) is 3.08. The second-order valence-electron chi connectivity index (χ2n) is 5.55. The first kappa shape index (κ1) is 14.9. The van der Waals surface area contributed by atoms with Crippen LogP contribution in [0.15, 0.2) is 24.3 Å². The number of benzene rings is 1. The molecule has 3 N–H and O–H groups in total. The molecule has 4 heteroatoms. The molecule has 110 valence electrons. The van der Waals surface area contributed by atoms with Gasteiger partial charge in [0.1, 0.15) is 5.75 Å². The van der Waals surface area contributed by atoms with Crippen molar-refractivity contribution in [3.05, 3.63) is 29.8 Å². The zero-order valence-corrected chi connectivity index (χ0v) is 12.2. The van der Waals surface area contributed by atoms with Crippen molar-refractivity contribution >= 4 is 5.91 Å². The van der Waals surface area contributed by atoms with E-state index in [-0.39, 0.29) is 17.9 Å². The van der Waals surface area contributed by atoms with Gasteiger partial charge in [0.05, 0.1) is 13.7 Å². The Morgan fingerprint density at radius 2 is 1.90 bits per heavy atom. The number of carbonyl (C=O) groups is 1. The highest BCUT2D eigenvalue weighted by Gasteiger charge is 2.34. The molecule has 1 fully saturated rings. The van der Waals surface area contributed by atoms with Crippen LogP contribution >= 0.6 is 0 Å². The maximum atomic E-state index is 11.5. The van der Waals surface area contributed by atoms with Crippen molar-refractivity contribution in [3.63, 3.8) is 0 Å². The minimum atomic E-state index is -0.0801. The first-order valence-corrected chi connectivity index (χ1v) is 7.31. The third-order valence-corrected chi connectivity index (χ3v) is 4.32. The quantitative estimate of drug-likeness (QED) is 0.864. The molecule has 20 heavy (non-hydrogen) atoms. The lowest BCUT2D eigenvalue weighted by Gasteiger charge is -2.38. The molecule has 0 spiro atoms. The van der Waals surface area contributed by atoms with Crippen molar-refractivity contribution in [1.82, 2.24) is 5.32 Å². The molecule has 1 aromatic carbocycles. The van der Waals surface area contributed by atoms with Crippen LogP contribution in [0.3, 0.4) is 0 Å². The molecule has 0 radical (unpaired) electrons. The standard InChI is InChI=1S/C16H24N2O2/c1-20-14-7-5-13(6-8-14)16(9-3-2-4-10-16)12-18-15(19)11-17/h5-8H,2-4,9-12,17H2,1H3,(H,18,19). The lowest BCUT2D eigenvalue weighted by atomic mass is 9.69. The number of rotatable bonds is 5. The number of methoxy groups -OCH3 is 1. The molecule has 0 bridgehead atoms. The molecule has 1 aliphatic rings. The van der Waals surface area contributed by atoms with E-state index < -0.39 is 0 Å². The van der Waals surface area contributed by atoms with Gasteiger partial charge in [0.25, 0.3) is 0 Å². The summed E-state index contributed by atoms with van der Waals surface area (Å²) in [7, 11) is 1.67. The summed E-state index contributed by atoms with van der Waals surface area (Å²) in [5.74, 6) is 0.786. The van der Waals surface area contributed by atoms with Gasteiger partial charge in [-0.2, -0.15) is 0 Å². The SMILES string of the molecule is COc1ccc(C2(CNC(=O)CN)CCCCC2)cc1. The summed E-state index contributed by atoms with van der Waals surface area (Å²) in [6.07, 6.45) is 5.94. The van der Waals surface area contributed by atoms with Gasteiger partial charge < -0.3 is 15.8 Å². The van der Waals surface area contributed by atoms with Crippen molar-refractivity contribution in [1.29, 1.82) is 0 Å². The Bertz CT molecular complexity index is 436. The third kappa shape index (κ3) is 3.31. The second-order valence-corrected chi connectivity index (χ2v) is 5.55. The fraction of sp³-hybridized carbons (Fsp3) is 0.562. The molecule has 4 nitrogen and oxygen atoms in total. The van der Waals surface area contributed by atoms with E-state index in [1.54, 1.807) is 7.11 Å². The van der Waals surface area contributed by atoms with Crippen molar-refractivity contribution in [2.75, 3.05) is 20.2 Å². The van der Waals surface area contributed by atoms with Crippen molar-refractivity contribution < 1.29 is 9.53 Å². The predicted octanol–water partition coefficient (Wildman–Crippen LogP) is 1.97. The smallest absolute Gasteiger partial charge is 0.233 e. The van der Waals surface area contributed by atoms with Gasteiger partial charge in [-0.15, -0.1) is 0 Å². The van der Waals surface area contributed by atoms with Crippen LogP contribution in [-0.4, -0.2) is 26.1 Å². The summed E-state index contributed by atoms with van der Waals surface area (Å²) in [5, 5.41) is 2.97. The summed E-state index contributed by atoms with van der Waals surface area (Å²) in [4.78, 5) is 11.5. The topological polar surface area (TPSA) is 64.3 Å². The van der Waals surface area contributed by atoms with Gasteiger partial charge >= 0.3 is 0 Å². The van der Waals surface area contributed by atoms with E-state index in [0.29, 0.717) is 6.54 Å². The largest absolute Gasteiger partial charge is 0.497 e. The van der Waals surface area contributed by atoms with Crippen LogP contribution in [0, 0.1) is 0 Å². The monoisotopic (exact) mass is 276 g/mol. The maximum absolute atomic E-state index is 11.5. The molecule has 0 unspecified atom stereocenters. The summed E-state index contributed by atoms with van der Waals surface area (Å²) >= 11 is 0. The Morgan fingerprint density at radius 1 is 1.25 bits per heavy atom. The molecule has 0 aliphatic heterocycles.